The van der Waals surface area contributed by atoms with Crippen LogP contribution in [0.5, 0.6) is 0 Å². The largest absolute Gasteiger partial charge is 0.335 e. The van der Waals surface area contributed by atoms with Crippen LogP contribution in [0.1, 0.15) is 12.7 Å². The van der Waals surface area contributed by atoms with Gasteiger partial charge in [-0.3, -0.25) is 0 Å². The second kappa shape index (κ2) is 7.12. The molecule has 0 amide bonds. The first-order valence-corrected chi connectivity index (χ1v) is 8.11. The monoisotopic (exact) mass is 339 g/mol. The first-order valence-electron chi connectivity index (χ1n) is 6.33. The molecule has 0 bridgehead atoms. The van der Waals surface area contributed by atoms with E-state index in [0.29, 0.717) is 0 Å². The Morgan fingerprint density at radius 3 is 2.79 bits per heavy atom. The summed E-state index contributed by atoms with van der Waals surface area (Å²) >= 11 is 5.23. The van der Waals surface area contributed by atoms with E-state index in [1.807, 2.05) is 12.4 Å². The number of rotatable bonds is 6. The third-order valence-corrected chi connectivity index (χ3v) is 4.59. The van der Waals surface area contributed by atoms with Gasteiger partial charge in [0, 0.05) is 46.5 Å². The molecule has 0 saturated heterocycles. The number of hydrogen-bond acceptors (Lipinski definition) is 3. The third kappa shape index (κ3) is 4.37. The van der Waals surface area contributed by atoms with E-state index in [4.69, 9.17) is 5.73 Å². The van der Waals surface area contributed by atoms with Crippen molar-refractivity contribution in [2.75, 3.05) is 5.75 Å². The van der Waals surface area contributed by atoms with Crippen molar-refractivity contribution in [1.29, 1.82) is 0 Å². The summed E-state index contributed by atoms with van der Waals surface area (Å²) in [5.41, 5.74) is 6.18. The van der Waals surface area contributed by atoms with E-state index < -0.39 is 0 Å². The lowest BCUT2D eigenvalue weighted by molar-refractivity contribution is 0.641. The zero-order valence-electron chi connectivity index (χ0n) is 10.9. The molecule has 0 aliphatic rings. The van der Waals surface area contributed by atoms with Crippen LogP contribution in [0.15, 0.2) is 46.0 Å². The number of hydrogen-bond donors (Lipinski definition) is 1. The topological polar surface area (TPSA) is 43.8 Å². The lowest BCUT2D eigenvalue weighted by atomic mass is 10.2. The van der Waals surface area contributed by atoms with Crippen molar-refractivity contribution in [3.63, 3.8) is 0 Å². The van der Waals surface area contributed by atoms with E-state index in [9.17, 15) is 0 Å². The van der Waals surface area contributed by atoms with Crippen molar-refractivity contribution in [3.05, 3.63) is 47.0 Å². The van der Waals surface area contributed by atoms with Crippen LogP contribution in [0.3, 0.4) is 0 Å². The number of nitrogens with zero attached hydrogens (tertiary/aromatic N) is 2. The van der Waals surface area contributed by atoms with Gasteiger partial charge in [0.2, 0.25) is 0 Å². The van der Waals surface area contributed by atoms with Crippen LogP contribution in [0.4, 0.5) is 0 Å². The Bertz CT molecular complexity index is 510. The van der Waals surface area contributed by atoms with Crippen LogP contribution in [-0.4, -0.2) is 21.3 Å². The van der Waals surface area contributed by atoms with Crippen LogP contribution in [0.25, 0.3) is 0 Å². The average Bonchev–Trinajstić information content (AvgIpc) is 2.85. The molecule has 2 aromatic rings. The van der Waals surface area contributed by atoms with Gasteiger partial charge < -0.3 is 10.3 Å². The van der Waals surface area contributed by atoms with Gasteiger partial charge in [-0.1, -0.05) is 15.9 Å². The van der Waals surface area contributed by atoms with Crippen molar-refractivity contribution in [2.45, 2.75) is 30.8 Å². The second-order valence-electron chi connectivity index (χ2n) is 4.36. The van der Waals surface area contributed by atoms with E-state index in [-0.39, 0.29) is 6.04 Å². The summed E-state index contributed by atoms with van der Waals surface area (Å²) in [5, 5.41) is 0. The van der Waals surface area contributed by atoms with Gasteiger partial charge in [-0.15, -0.1) is 11.8 Å². The maximum Gasteiger partial charge on any atom is 0.110 e. The van der Waals surface area contributed by atoms with Gasteiger partial charge in [-0.2, -0.15) is 0 Å². The number of thioether (sulfide) groups is 1. The van der Waals surface area contributed by atoms with Gasteiger partial charge in [0.15, 0.2) is 0 Å². The minimum atomic E-state index is 0.126. The maximum atomic E-state index is 6.18. The van der Waals surface area contributed by atoms with E-state index >= 15 is 0 Å². The highest BCUT2D eigenvalue weighted by molar-refractivity contribution is 9.10. The zero-order chi connectivity index (χ0) is 13.7. The lowest BCUT2D eigenvalue weighted by Gasteiger charge is -2.12. The molecule has 0 spiro atoms. The van der Waals surface area contributed by atoms with Crippen LogP contribution < -0.4 is 5.73 Å². The molecule has 0 fully saturated rings. The Morgan fingerprint density at radius 2 is 2.11 bits per heavy atom. The summed E-state index contributed by atoms with van der Waals surface area (Å²) < 4.78 is 3.25. The SMILES string of the molecule is CCn1ccnc1CC(N)CSc1ccc(Br)cc1. The molecular weight excluding hydrogens is 322 g/mol. The maximum absolute atomic E-state index is 6.18. The van der Waals surface area contributed by atoms with Crippen molar-refractivity contribution in [2.24, 2.45) is 5.73 Å². The number of aromatic nitrogens is 2. The molecule has 1 aromatic heterocycles. The number of halogens is 1. The molecule has 1 heterocycles. The summed E-state index contributed by atoms with van der Waals surface area (Å²) in [4.78, 5) is 5.61. The summed E-state index contributed by atoms with van der Waals surface area (Å²) in [7, 11) is 0. The minimum Gasteiger partial charge on any atom is -0.335 e. The first kappa shape index (κ1) is 14.6. The molecule has 19 heavy (non-hydrogen) atoms. The third-order valence-electron chi connectivity index (χ3n) is 2.86. The Morgan fingerprint density at radius 1 is 1.37 bits per heavy atom. The molecule has 102 valence electrons. The van der Waals surface area contributed by atoms with E-state index in [1.54, 1.807) is 11.8 Å². The van der Waals surface area contributed by atoms with E-state index in [0.717, 1.165) is 29.0 Å². The zero-order valence-corrected chi connectivity index (χ0v) is 13.3. The van der Waals surface area contributed by atoms with Crippen molar-refractivity contribution in [1.82, 2.24) is 9.55 Å². The van der Waals surface area contributed by atoms with Gasteiger partial charge in [-0.05, 0) is 31.2 Å². The molecule has 0 saturated carbocycles. The van der Waals surface area contributed by atoms with Gasteiger partial charge in [0.25, 0.3) is 0 Å². The molecule has 5 heteroatoms. The molecular formula is C14H18BrN3S. The van der Waals surface area contributed by atoms with Gasteiger partial charge in [-0.25, -0.2) is 4.98 Å². The Hall–Kier alpha value is -0.780. The summed E-state index contributed by atoms with van der Waals surface area (Å²) in [6, 6.07) is 8.44. The van der Waals surface area contributed by atoms with Crippen molar-refractivity contribution < 1.29 is 0 Å². The lowest BCUT2D eigenvalue weighted by Crippen LogP contribution is -2.27. The predicted octanol–water partition coefficient (Wildman–Crippen LogP) is 3.33. The molecule has 0 aliphatic carbocycles. The summed E-state index contributed by atoms with van der Waals surface area (Å²) in [5.74, 6) is 1.98. The fourth-order valence-corrected chi connectivity index (χ4v) is 2.96. The summed E-state index contributed by atoms with van der Waals surface area (Å²) in [6.45, 7) is 3.06. The highest BCUT2D eigenvalue weighted by Crippen LogP contribution is 2.21. The predicted molar refractivity (Wildman–Crippen MR) is 84.4 cm³/mol. The van der Waals surface area contributed by atoms with Crippen LogP contribution in [0, 0.1) is 0 Å². The van der Waals surface area contributed by atoms with Gasteiger partial charge in [0.05, 0.1) is 0 Å². The molecule has 0 radical (unpaired) electrons. The van der Waals surface area contributed by atoms with Crippen LogP contribution in [-0.2, 0) is 13.0 Å². The quantitative estimate of drug-likeness (QED) is 0.821. The smallest absolute Gasteiger partial charge is 0.110 e. The minimum absolute atomic E-state index is 0.126. The molecule has 0 aliphatic heterocycles. The fourth-order valence-electron chi connectivity index (χ4n) is 1.85. The number of aryl methyl sites for hydroxylation is 1. The molecule has 1 unspecified atom stereocenters. The molecule has 3 nitrogen and oxygen atoms in total. The Kier molecular flexibility index (Phi) is 5.48. The molecule has 2 rings (SSSR count). The standard InChI is InChI=1S/C14H18BrN3S/c1-2-18-8-7-17-14(18)9-12(16)10-19-13-5-3-11(15)4-6-13/h3-8,12H,2,9-10,16H2,1H3. The van der Waals surface area contributed by atoms with Gasteiger partial charge in [0.1, 0.15) is 5.82 Å². The highest BCUT2D eigenvalue weighted by Gasteiger charge is 2.09. The average molecular weight is 340 g/mol. The highest BCUT2D eigenvalue weighted by atomic mass is 79.9. The molecule has 1 aromatic carbocycles. The molecule has 1 atom stereocenters. The molecule has 2 N–H and O–H groups in total. The number of nitrogens with two attached hydrogens (primary N) is 1. The van der Waals surface area contributed by atoms with Crippen molar-refractivity contribution >= 4 is 27.7 Å². The number of benzene rings is 1. The van der Waals surface area contributed by atoms with Gasteiger partial charge >= 0.3 is 0 Å². The normalized spacial score (nSPS) is 12.6. The second-order valence-corrected chi connectivity index (χ2v) is 6.37. The van der Waals surface area contributed by atoms with E-state index in [1.165, 1.54) is 4.90 Å². The van der Waals surface area contributed by atoms with Crippen molar-refractivity contribution in [3.8, 4) is 0 Å². The Labute approximate surface area is 126 Å². The fraction of sp³-hybridized carbons (Fsp3) is 0.357. The summed E-state index contributed by atoms with van der Waals surface area (Å²) in [6.07, 6.45) is 4.67. The Balaban J connectivity index is 1.84. The van der Waals surface area contributed by atoms with E-state index in [2.05, 4.69) is 56.7 Å². The van der Waals surface area contributed by atoms with Crippen LogP contribution in [0.2, 0.25) is 0 Å². The van der Waals surface area contributed by atoms with Crippen LogP contribution >= 0.6 is 27.7 Å². The number of imidazole rings is 1. The first-order chi connectivity index (χ1) is 9.19.